The van der Waals surface area contributed by atoms with Gasteiger partial charge < -0.3 is 10.6 Å². The van der Waals surface area contributed by atoms with Crippen molar-refractivity contribution in [2.24, 2.45) is 4.99 Å². The molecule has 24 heavy (non-hydrogen) atoms. The number of rotatable bonds is 9. The molecule has 1 aromatic rings. The zero-order valence-electron chi connectivity index (χ0n) is 14.5. The van der Waals surface area contributed by atoms with E-state index in [1.165, 1.54) is 12.1 Å². The number of nitrogens with zero attached hydrogens (tertiary/aromatic N) is 1. The molecule has 3 N–H and O–H groups in total. The first-order valence-corrected chi connectivity index (χ1v) is 9.77. The van der Waals surface area contributed by atoms with Crippen LogP contribution >= 0.6 is 0 Å². The van der Waals surface area contributed by atoms with E-state index in [4.69, 9.17) is 0 Å². The maximum absolute atomic E-state index is 13.1. The number of benzene rings is 1. The largest absolute Gasteiger partial charge is 0.357 e. The van der Waals surface area contributed by atoms with Crippen LogP contribution in [0.4, 0.5) is 4.39 Å². The first kappa shape index (κ1) is 20.4. The van der Waals surface area contributed by atoms with Crippen LogP contribution in [0, 0.1) is 12.7 Å². The molecule has 0 aromatic heterocycles. The molecule has 0 heterocycles. The number of hydrogen-bond donors (Lipinski definition) is 3. The minimum Gasteiger partial charge on any atom is -0.357 e. The van der Waals surface area contributed by atoms with Crippen LogP contribution in [-0.2, 0) is 16.4 Å². The van der Waals surface area contributed by atoms with Gasteiger partial charge in [0.05, 0.1) is 12.3 Å². The van der Waals surface area contributed by atoms with E-state index in [0.717, 1.165) is 17.5 Å². The van der Waals surface area contributed by atoms with Crippen LogP contribution in [0.25, 0.3) is 0 Å². The van der Waals surface area contributed by atoms with E-state index in [1.807, 2.05) is 13.8 Å². The van der Waals surface area contributed by atoms with Crippen molar-refractivity contribution in [3.8, 4) is 0 Å². The molecule has 0 bridgehead atoms. The Hall–Kier alpha value is -1.67. The van der Waals surface area contributed by atoms with Gasteiger partial charge >= 0.3 is 0 Å². The quantitative estimate of drug-likeness (QED) is 0.352. The Morgan fingerprint density at radius 3 is 2.58 bits per heavy atom. The first-order valence-electron chi connectivity index (χ1n) is 8.12. The number of hydrogen-bond acceptors (Lipinski definition) is 3. The summed E-state index contributed by atoms with van der Waals surface area (Å²) >= 11 is 0. The smallest absolute Gasteiger partial charge is 0.211 e. The molecule has 0 radical (unpaired) electrons. The van der Waals surface area contributed by atoms with Crippen molar-refractivity contribution in [3.63, 3.8) is 0 Å². The normalized spacial score (nSPS) is 12.2. The second-order valence-corrected chi connectivity index (χ2v) is 7.40. The molecule has 1 rings (SSSR count). The summed E-state index contributed by atoms with van der Waals surface area (Å²) in [6.07, 6.45) is 0.749. The topological polar surface area (TPSA) is 82.6 Å². The van der Waals surface area contributed by atoms with Gasteiger partial charge in [0.1, 0.15) is 5.82 Å². The van der Waals surface area contributed by atoms with E-state index in [0.29, 0.717) is 25.6 Å². The molecule has 0 aliphatic rings. The maximum atomic E-state index is 13.1. The summed E-state index contributed by atoms with van der Waals surface area (Å²) in [7, 11) is -3.18. The number of nitrogens with one attached hydrogen (secondary N) is 3. The molecule has 0 spiro atoms. The van der Waals surface area contributed by atoms with Crippen molar-refractivity contribution in [1.29, 1.82) is 0 Å². The highest BCUT2D eigenvalue weighted by atomic mass is 32.2. The van der Waals surface area contributed by atoms with Crippen LogP contribution in [0.3, 0.4) is 0 Å². The molecule has 0 aliphatic heterocycles. The second-order valence-electron chi connectivity index (χ2n) is 5.31. The van der Waals surface area contributed by atoms with E-state index >= 15 is 0 Å². The van der Waals surface area contributed by atoms with Gasteiger partial charge in [-0.1, -0.05) is 6.07 Å². The van der Waals surface area contributed by atoms with Crippen LogP contribution in [0.15, 0.2) is 23.2 Å². The van der Waals surface area contributed by atoms with Crippen molar-refractivity contribution in [2.45, 2.75) is 27.2 Å². The molecule has 0 unspecified atom stereocenters. The molecule has 8 heteroatoms. The van der Waals surface area contributed by atoms with Crippen molar-refractivity contribution >= 4 is 16.0 Å². The lowest BCUT2D eigenvalue weighted by molar-refractivity contribution is 0.583. The Morgan fingerprint density at radius 2 is 1.96 bits per heavy atom. The van der Waals surface area contributed by atoms with E-state index < -0.39 is 10.0 Å². The molecular weight excluding hydrogens is 331 g/mol. The number of aryl methyl sites for hydroxylation is 1. The Bertz CT molecular complexity index is 647. The Balaban J connectivity index is 2.46. The fraction of sp³-hybridized carbons (Fsp3) is 0.562. The summed E-state index contributed by atoms with van der Waals surface area (Å²) in [4.78, 5) is 4.33. The average Bonchev–Trinajstić information content (AvgIpc) is 2.53. The molecule has 1 aromatic carbocycles. The van der Waals surface area contributed by atoms with Gasteiger partial charge in [-0.2, -0.15) is 0 Å². The van der Waals surface area contributed by atoms with Gasteiger partial charge in [-0.3, -0.25) is 4.99 Å². The van der Waals surface area contributed by atoms with Crippen LogP contribution in [0.2, 0.25) is 0 Å². The lowest BCUT2D eigenvalue weighted by Crippen LogP contribution is -2.39. The van der Waals surface area contributed by atoms with Crippen molar-refractivity contribution < 1.29 is 12.8 Å². The SMILES string of the molecule is CCNC(=NCCNS(=O)(=O)CC)NCCc1ccc(F)cc1C. The van der Waals surface area contributed by atoms with E-state index in [9.17, 15) is 12.8 Å². The van der Waals surface area contributed by atoms with E-state index in [2.05, 4.69) is 20.3 Å². The monoisotopic (exact) mass is 358 g/mol. The third-order valence-electron chi connectivity index (χ3n) is 3.42. The van der Waals surface area contributed by atoms with Crippen molar-refractivity contribution in [1.82, 2.24) is 15.4 Å². The number of sulfonamides is 1. The zero-order valence-corrected chi connectivity index (χ0v) is 15.3. The fourth-order valence-electron chi connectivity index (χ4n) is 2.07. The van der Waals surface area contributed by atoms with Crippen LogP contribution in [0.5, 0.6) is 0 Å². The molecule has 136 valence electrons. The number of aliphatic imine (C=N–C) groups is 1. The second kappa shape index (κ2) is 10.2. The third-order valence-corrected chi connectivity index (χ3v) is 4.82. The molecular formula is C16H27FN4O2S. The van der Waals surface area contributed by atoms with Gasteiger partial charge in [0.25, 0.3) is 0 Å². The first-order chi connectivity index (χ1) is 11.4. The Kier molecular flexibility index (Phi) is 8.70. The molecule has 0 saturated heterocycles. The maximum Gasteiger partial charge on any atom is 0.211 e. The van der Waals surface area contributed by atoms with Gasteiger partial charge in [-0.15, -0.1) is 0 Å². The minimum absolute atomic E-state index is 0.0616. The molecule has 0 aliphatic carbocycles. The zero-order chi connectivity index (χ0) is 18.0. The lowest BCUT2D eigenvalue weighted by atomic mass is 10.1. The highest BCUT2D eigenvalue weighted by molar-refractivity contribution is 7.89. The molecule has 6 nitrogen and oxygen atoms in total. The predicted molar refractivity (Wildman–Crippen MR) is 96.3 cm³/mol. The van der Waals surface area contributed by atoms with Crippen LogP contribution in [0.1, 0.15) is 25.0 Å². The average molecular weight is 358 g/mol. The standard InChI is InChI=1S/C16H27FN4O2S/c1-4-18-16(20-10-11-21-24(22,23)5-2)19-9-8-14-6-7-15(17)12-13(14)3/h6-7,12,21H,4-5,8-11H2,1-3H3,(H2,18,19,20). The van der Waals surface area contributed by atoms with E-state index in [1.54, 1.807) is 13.0 Å². The molecule has 0 saturated carbocycles. The highest BCUT2D eigenvalue weighted by Gasteiger charge is 2.05. The Labute approximate surface area is 144 Å². The molecule has 0 atom stereocenters. The number of guanidine groups is 1. The van der Waals surface area contributed by atoms with Gasteiger partial charge in [0.2, 0.25) is 10.0 Å². The molecule has 0 amide bonds. The number of halogens is 1. The van der Waals surface area contributed by atoms with Crippen molar-refractivity contribution in [2.75, 3.05) is 31.9 Å². The van der Waals surface area contributed by atoms with Crippen molar-refractivity contribution in [3.05, 3.63) is 35.1 Å². The van der Waals surface area contributed by atoms with Crippen LogP contribution in [-0.4, -0.2) is 46.3 Å². The summed E-state index contributed by atoms with van der Waals surface area (Å²) in [5.74, 6) is 0.466. The van der Waals surface area contributed by atoms with Gasteiger partial charge in [-0.05, 0) is 50.5 Å². The summed E-state index contributed by atoms with van der Waals surface area (Å²) in [5.41, 5.74) is 2.00. The van der Waals surface area contributed by atoms with Gasteiger partial charge in [-0.25, -0.2) is 17.5 Å². The lowest BCUT2D eigenvalue weighted by Gasteiger charge is -2.12. The fourth-order valence-corrected chi connectivity index (χ4v) is 2.67. The predicted octanol–water partition coefficient (Wildman–Crippen LogP) is 1.17. The summed E-state index contributed by atoms with van der Waals surface area (Å²) < 4.78 is 38.2. The van der Waals surface area contributed by atoms with E-state index in [-0.39, 0.29) is 18.1 Å². The summed E-state index contributed by atoms with van der Waals surface area (Å²) in [6.45, 7) is 7.42. The third kappa shape index (κ3) is 7.74. The minimum atomic E-state index is -3.18. The molecule has 0 fully saturated rings. The van der Waals surface area contributed by atoms with Gasteiger partial charge in [0.15, 0.2) is 5.96 Å². The van der Waals surface area contributed by atoms with Gasteiger partial charge in [0, 0.05) is 19.6 Å². The summed E-state index contributed by atoms with van der Waals surface area (Å²) in [5, 5.41) is 6.30. The Morgan fingerprint density at radius 1 is 1.21 bits per heavy atom. The highest BCUT2D eigenvalue weighted by Crippen LogP contribution is 2.10. The summed E-state index contributed by atoms with van der Waals surface area (Å²) in [6, 6.07) is 4.77. The van der Waals surface area contributed by atoms with Crippen LogP contribution < -0.4 is 15.4 Å².